The summed E-state index contributed by atoms with van der Waals surface area (Å²) < 4.78 is 15.2. The van der Waals surface area contributed by atoms with Gasteiger partial charge in [0.1, 0.15) is 5.82 Å². The van der Waals surface area contributed by atoms with Crippen molar-refractivity contribution >= 4 is 33.0 Å². The van der Waals surface area contributed by atoms with Crippen LogP contribution in [-0.4, -0.2) is 13.6 Å². The van der Waals surface area contributed by atoms with Crippen LogP contribution in [0.25, 0.3) is 0 Å². The number of hydrogen-bond donors (Lipinski definition) is 1. The standard InChI is InChI=1S/C15H18BrFN2S/c1-3-18-8-11-4-5-15(14(17)6-11)19(2)9-13-7-12(16)10-20-13/h4-7,10,18H,3,8-9H2,1-2H3. The van der Waals surface area contributed by atoms with Crippen molar-refractivity contribution in [3.05, 3.63) is 50.4 Å². The summed E-state index contributed by atoms with van der Waals surface area (Å²) in [5.74, 6) is -0.168. The first-order valence-corrected chi connectivity index (χ1v) is 8.20. The zero-order valence-electron chi connectivity index (χ0n) is 11.6. The first-order chi connectivity index (χ1) is 9.60. The lowest BCUT2D eigenvalue weighted by Gasteiger charge is -2.19. The Kier molecular flexibility index (Phi) is 5.57. The van der Waals surface area contributed by atoms with Crippen LogP contribution < -0.4 is 10.2 Å². The first-order valence-electron chi connectivity index (χ1n) is 6.53. The van der Waals surface area contributed by atoms with E-state index < -0.39 is 0 Å². The third-order valence-corrected chi connectivity index (χ3v) is 4.70. The fourth-order valence-electron chi connectivity index (χ4n) is 1.99. The van der Waals surface area contributed by atoms with E-state index in [0.717, 1.165) is 16.6 Å². The molecule has 1 aromatic carbocycles. The Hall–Kier alpha value is -0.910. The van der Waals surface area contributed by atoms with Crippen molar-refractivity contribution in [3.8, 4) is 0 Å². The van der Waals surface area contributed by atoms with Crippen molar-refractivity contribution in [2.45, 2.75) is 20.0 Å². The lowest BCUT2D eigenvalue weighted by molar-refractivity contribution is 0.617. The van der Waals surface area contributed by atoms with E-state index in [0.29, 0.717) is 18.8 Å². The average Bonchev–Trinajstić information content (AvgIpc) is 2.81. The summed E-state index contributed by atoms with van der Waals surface area (Å²) in [5, 5.41) is 5.24. The smallest absolute Gasteiger partial charge is 0.146 e. The van der Waals surface area contributed by atoms with E-state index in [1.54, 1.807) is 17.4 Å². The molecule has 0 amide bonds. The van der Waals surface area contributed by atoms with E-state index in [-0.39, 0.29) is 5.82 Å². The normalized spacial score (nSPS) is 10.8. The second kappa shape index (κ2) is 7.20. The van der Waals surface area contributed by atoms with Gasteiger partial charge in [-0.25, -0.2) is 4.39 Å². The highest BCUT2D eigenvalue weighted by atomic mass is 79.9. The molecule has 0 bridgehead atoms. The van der Waals surface area contributed by atoms with Crippen LogP contribution in [0.2, 0.25) is 0 Å². The zero-order valence-corrected chi connectivity index (χ0v) is 14.0. The fraction of sp³-hybridized carbons (Fsp3) is 0.333. The third kappa shape index (κ3) is 4.04. The van der Waals surface area contributed by atoms with Crippen LogP contribution in [0.4, 0.5) is 10.1 Å². The number of anilines is 1. The summed E-state index contributed by atoms with van der Waals surface area (Å²) in [6.45, 7) is 4.34. The van der Waals surface area contributed by atoms with Gasteiger partial charge in [0.2, 0.25) is 0 Å². The highest BCUT2D eigenvalue weighted by Gasteiger charge is 2.10. The van der Waals surface area contributed by atoms with Crippen LogP contribution in [-0.2, 0) is 13.1 Å². The number of rotatable bonds is 6. The van der Waals surface area contributed by atoms with Crippen molar-refractivity contribution in [2.75, 3.05) is 18.5 Å². The number of hydrogen-bond acceptors (Lipinski definition) is 3. The monoisotopic (exact) mass is 356 g/mol. The van der Waals surface area contributed by atoms with Crippen molar-refractivity contribution < 1.29 is 4.39 Å². The van der Waals surface area contributed by atoms with Crippen LogP contribution in [0.1, 0.15) is 17.4 Å². The molecule has 2 nitrogen and oxygen atoms in total. The molecule has 5 heteroatoms. The van der Waals surface area contributed by atoms with E-state index in [9.17, 15) is 4.39 Å². The maximum atomic E-state index is 14.2. The SMILES string of the molecule is CCNCc1ccc(N(C)Cc2cc(Br)cs2)c(F)c1. The van der Waals surface area contributed by atoms with Gasteiger partial charge in [-0.2, -0.15) is 0 Å². The Labute approximate surface area is 131 Å². The number of nitrogens with zero attached hydrogens (tertiary/aromatic N) is 1. The molecule has 0 aliphatic heterocycles. The van der Waals surface area contributed by atoms with Crippen LogP contribution in [0.3, 0.4) is 0 Å². The summed E-state index contributed by atoms with van der Waals surface area (Å²) in [6.07, 6.45) is 0. The first kappa shape index (κ1) is 15.5. The van der Waals surface area contributed by atoms with Gasteiger partial charge in [0, 0.05) is 28.3 Å². The minimum absolute atomic E-state index is 0.168. The Morgan fingerprint density at radius 3 is 2.75 bits per heavy atom. The Bertz CT molecular complexity index is 571. The lowest BCUT2D eigenvalue weighted by atomic mass is 10.2. The highest BCUT2D eigenvalue weighted by molar-refractivity contribution is 9.10. The quantitative estimate of drug-likeness (QED) is 0.825. The predicted molar refractivity (Wildman–Crippen MR) is 87.9 cm³/mol. The molecule has 0 unspecified atom stereocenters. The van der Waals surface area contributed by atoms with E-state index >= 15 is 0 Å². The molecule has 20 heavy (non-hydrogen) atoms. The number of benzene rings is 1. The van der Waals surface area contributed by atoms with Gasteiger partial charge in [-0.3, -0.25) is 0 Å². The topological polar surface area (TPSA) is 15.3 Å². The summed E-state index contributed by atoms with van der Waals surface area (Å²) >= 11 is 5.11. The molecule has 0 radical (unpaired) electrons. The Morgan fingerprint density at radius 2 is 2.15 bits per heavy atom. The Morgan fingerprint density at radius 1 is 1.35 bits per heavy atom. The number of thiophene rings is 1. The molecule has 1 aromatic heterocycles. The van der Waals surface area contributed by atoms with Crippen LogP contribution in [0.15, 0.2) is 34.1 Å². The minimum Gasteiger partial charge on any atom is -0.367 e. The molecular weight excluding hydrogens is 339 g/mol. The van der Waals surface area contributed by atoms with Gasteiger partial charge in [-0.15, -0.1) is 11.3 Å². The van der Waals surface area contributed by atoms with Crippen LogP contribution >= 0.6 is 27.3 Å². The van der Waals surface area contributed by atoms with E-state index in [1.807, 2.05) is 36.4 Å². The summed E-state index contributed by atoms with van der Waals surface area (Å²) in [7, 11) is 1.91. The predicted octanol–water partition coefficient (Wildman–Crippen LogP) is 4.40. The van der Waals surface area contributed by atoms with Crippen LogP contribution in [0.5, 0.6) is 0 Å². The summed E-state index contributed by atoms with van der Waals surface area (Å²) in [5.41, 5.74) is 1.61. The zero-order chi connectivity index (χ0) is 14.5. The molecular formula is C15H18BrFN2S. The highest BCUT2D eigenvalue weighted by Crippen LogP contribution is 2.25. The van der Waals surface area contributed by atoms with Gasteiger partial charge < -0.3 is 10.2 Å². The van der Waals surface area contributed by atoms with Gasteiger partial charge >= 0.3 is 0 Å². The largest absolute Gasteiger partial charge is 0.367 e. The molecule has 108 valence electrons. The molecule has 0 spiro atoms. The molecule has 0 aliphatic rings. The van der Waals surface area contributed by atoms with Gasteiger partial charge in [0.25, 0.3) is 0 Å². The molecule has 0 saturated heterocycles. The maximum absolute atomic E-state index is 14.2. The molecule has 0 aliphatic carbocycles. The van der Waals surface area contributed by atoms with Crippen molar-refractivity contribution in [1.29, 1.82) is 0 Å². The number of halogens is 2. The summed E-state index contributed by atoms with van der Waals surface area (Å²) in [6, 6.07) is 7.50. The maximum Gasteiger partial charge on any atom is 0.146 e. The Balaban J connectivity index is 2.07. The van der Waals surface area contributed by atoms with E-state index in [1.165, 1.54) is 4.88 Å². The fourth-order valence-corrected chi connectivity index (χ4v) is 3.50. The van der Waals surface area contributed by atoms with Crippen molar-refractivity contribution in [3.63, 3.8) is 0 Å². The van der Waals surface area contributed by atoms with Gasteiger partial charge in [0.15, 0.2) is 0 Å². The second-order valence-electron chi connectivity index (χ2n) is 4.65. The van der Waals surface area contributed by atoms with Gasteiger partial charge in [-0.05, 0) is 46.2 Å². The molecule has 1 heterocycles. The molecule has 0 atom stereocenters. The van der Waals surface area contributed by atoms with E-state index in [2.05, 4.69) is 27.3 Å². The number of nitrogens with one attached hydrogen (secondary N) is 1. The van der Waals surface area contributed by atoms with Crippen molar-refractivity contribution in [2.24, 2.45) is 0 Å². The lowest BCUT2D eigenvalue weighted by Crippen LogP contribution is -2.17. The molecule has 1 N–H and O–H groups in total. The molecule has 2 aromatic rings. The van der Waals surface area contributed by atoms with Gasteiger partial charge in [0.05, 0.1) is 12.2 Å². The summed E-state index contributed by atoms with van der Waals surface area (Å²) in [4.78, 5) is 3.14. The van der Waals surface area contributed by atoms with Crippen molar-refractivity contribution in [1.82, 2.24) is 5.32 Å². The average molecular weight is 357 g/mol. The molecule has 2 rings (SSSR count). The van der Waals surface area contributed by atoms with E-state index in [4.69, 9.17) is 0 Å². The molecule has 0 saturated carbocycles. The van der Waals surface area contributed by atoms with Gasteiger partial charge in [-0.1, -0.05) is 13.0 Å². The third-order valence-electron chi connectivity index (χ3n) is 3.02. The minimum atomic E-state index is -0.168. The van der Waals surface area contributed by atoms with Crippen LogP contribution in [0, 0.1) is 5.82 Å². The molecule has 0 fully saturated rings. The second-order valence-corrected chi connectivity index (χ2v) is 6.56.